The smallest absolute Gasteiger partial charge is 0.0483 e. The highest BCUT2D eigenvalue weighted by Crippen LogP contribution is 2.35. The number of rotatable bonds is 4. The van der Waals surface area contributed by atoms with E-state index in [0.29, 0.717) is 6.04 Å². The third-order valence-corrected chi connectivity index (χ3v) is 4.59. The van der Waals surface area contributed by atoms with Crippen molar-refractivity contribution < 1.29 is 0 Å². The van der Waals surface area contributed by atoms with Gasteiger partial charge in [0.05, 0.1) is 0 Å². The number of anilines is 1. The molecule has 0 saturated carbocycles. The van der Waals surface area contributed by atoms with Crippen LogP contribution >= 0.6 is 11.8 Å². The Hall–Kier alpha value is -0.670. The number of thioether (sulfide) groups is 1. The summed E-state index contributed by atoms with van der Waals surface area (Å²) in [6.07, 6.45) is 2.50. The van der Waals surface area contributed by atoms with Crippen LogP contribution < -0.4 is 10.6 Å². The van der Waals surface area contributed by atoms with Gasteiger partial charge in [0.1, 0.15) is 0 Å². The average Bonchev–Trinajstić information content (AvgIpc) is 2.31. The van der Waals surface area contributed by atoms with E-state index < -0.39 is 0 Å². The Morgan fingerprint density at radius 1 is 1.35 bits per heavy atom. The Labute approximate surface area is 109 Å². The molecule has 3 heteroatoms. The van der Waals surface area contributed by atoms with E-state index in [4.69, 9.17) is 0 Å². The van der Waals surface area contributed by atoms with Gasteiger partial charge in [-0.3, -0.25) is 0 Å². The lowest BCUT2D eigenvalue weighted by Crippen LogP contribution is -2.27. The van der Waals surface area contributed by atoms with Gasteiger partial charge in [-0.05, 0) is 63.5 Å². The Morgan fingerprint density at radius 2 is 2.12 bits per heavy atom. The summed E-state index contributed by atoms with van der Waals surface area (Å²) in [7, 11) is 2.02. The van der Waals surface area contributed by atoms with E-state index >= 15 is 0 Å². The normalized spacial score (nSPS) is 18.6. The maximum absolute atomic E-state index is 3.68. The number of hydrogen-bond donors (Lipinski definition) is 2. The minimum absolute atomic E-state index is 0.628. The zero-order chi connectivity index (χ0) is 12.3. The molecule has 0 radical (unpaired) electrons. The minimum Gasteiger partial charge on any atom is -0.381 e. The highest BCUT2D eigenvalue weighted by atomic mass is 32.2. The lowest BCUT2D eigenvalue weighted by Gasteiger charge is -2.27. The first-order valence-corrected chi connectivity index (χ1v) is 7.34. The molecular weight excluding hydrogens is 228 g/mol. The van der Waals surface area contributed by atoms with Gasteiger partial charge in [-0.25, -0.2) is 0 Å². The van der Waals surface area contributed by atoms with Crippen molar-refractivity contribution in [3.8, 4) is 0 Å². The second kappa shape index (κ2) is 5.78. The largest absolute Gasteiger partial charge is 0.381 e. The van der Waals surface area contributed by atoms with Gasteiger partial charge in [0, 0.05) is 22.4 Å². The molecule has 94 valence electrons. The molecule has 1 unspecified atom stereocenters. The molecule has 0 bridgehead atoms. The van der Waals surface area contributed by atoms with Crippen LogP contribution in [0, 0.1) is 13.8 Å². The first-order chi connectivity index (χ1) is 8.20. The van der Waals surface area contributed by atoms with Gasteiger partial charge in [0.25, 0.3) is 0 Å². The monoisotopic (exact) mass is 250 g/mol. The van der Waals surface area contributed by atoms with Crippen LogP contribution in [-0.4, -0.2) is 25.4 Å². The quantitative estimate of drug-likeness (QED) is 0.803. The van der Waals surface area contributed by atoms with E-state index in [1.165, 1.54) is 40.3 Å². The van der Waals surface area contributed by atoms with Crippen molar-refractivity contribution in [2.24, 2.45) is 0 Å². The van der Waals surface area contributed by atoms with Crippen LogP contribution in [0.2, 0.25) is 0 Å². The van der Waals surface area contributed by atoms with E-state index in [2.05, 4.69) is 36.6 Å². The average molecular weight is 250 g/mol. The summed E-state index contributed by atoms with van der Waals surface area (Å²) in [5.74, 6) is 1.19. The lowest BCUT2D eigenvalue weighted by atomic mass is 10.1. The maximum Gasteiger partial charge on any atom is 0.0483 e. The summed E-state index contributed by atoms with van der Waals surface area (Å²) >= 11 is 1.99. The Kier molecular flexibility index (Phi) is 4.35. The highest BCUT2D eigenvalue weighted by Gasteiger charge is 2.18. The van der Waals surface area contributed by atoms with Crippen LogP contribution in [0.1, 0.15) is 24.0 Å². The SMILES string of the molecule is CNCCCC1CSc2cc(C)c(C)cc2N1. The van der Waals surface area contributed by atoms with Gasteiger partial charge in [-0.1, -0.05) is 0 Å². The fourth-order valence-electron chi connectivity index (χ4n) is 2.15. The summed E-state index contributed by atoms with van der Waals surface area (Å²) < 4.78 is 0. The number of fused-ring (bicyclic) bond motifs is 1. The molecule has 1 aromatic rings. The van der Waals surface area contributed by atoms with E-state index in [1.807, 2.05) is 18.8 Å². The van der Waals surface area contributed by atoms with Crippen molar-refractivity contribution in [3.63, 3.8) is 0 Å². The second-order valence-corrected chi connectivity index (χ2v) is 5.89. The molecule has 0 amide bonds. The summed E-state index contributed by atoms with van der Waals surface area (Å²) in [4.78, 5) is 1.41. The van der Waals surface area contributed by atoms with Crippen LogP contribution in [0.25, 0.3) is 0 Å². The highest BCUT2D eigenvalue weighted by molar-refractivity contribution is 7.99. The van der Waals surface area contributed by atoms with Crippen molar-refractivity contribution in [2.45, 2.75) is 37.6 Å². The van der Waals surface area contributed by atoms with Crippen LogP contribution in [0.3, 0.4) is 0 Å². The van der Waals surface area contributed by atoms with Crippen molar-refractivity contribution in [1.29, 1.82) is 0 Å². The topological polar surface area (TPSA) is 24.1 Å². The van der Waals surface area contributed by atoms with Gasteiger partial charge >= 0.3 is 0 Å². The van der Waals surface area contributed by atoms with Crippen molar-refractivity contribution in [2.75, 3.05) is 24.7 Å². The standard InChI is InChI=1S/C14H22N2S/c1-10-7-13-14(8-11(10)2)17-9-12(16-13)5-4-6-15-3/h7-8,12,15-16H,4-6,9H2,1-3H3. The Morgan fingerprint density at radius 3 is 2.88 bits per heavy atom. The fraction of sp³-hybridized carbons (Fsp3) is 0.571. The molecule has 2 rings (SSSR count). The molecule has 1 atom stereocenters. The van der Waals surface area contributed by atoms with Crippen LogP contribution in [0.4, 0.5) is 5.69 Å². The zero-order valence-electron chi connectivity index (χ0n) is 11.0. The van der Waals surface area contributed by atoms with Crippen molar-refractivity contribution in [3.05, 3.63) is 23.3 Å². The molecule has 0 fully saturated rings. The molecule has 1 aliphatic heterocycles. The molecule has 2 N–H and O–H groups in total. The van der Waals surface area contributed by atoms with Crippen LogP contribution in [0.5, 0.6) is 0 Å². The van der Waals surface area contributed by atoms with E-state index in [0.717, 1.165) is 6.54 Å². The number of hydrogen-bond acceptors (Lipinski definition) is 3. The first kappa shape index (κ1) is 12.8. The van der Waals surface area contributed by atoms with Gasteiger partial charge < -0.3 is 10.6 Å². The van der Waals surface area contributed by atoms with Gasteiger partial charge in [-0.15, -0.1) is 11.8 Å². The van der Waals surface area contributed by atoms with Gasteiger partial charge in [0.15, 0.2) is 0 Å². The summed E-state index contributed by atoms with van der Waals surface area (Å²) in [5.41, 5.74) is 4.11. The predicted octanol–water partition coefficient (Wildman–Crippen LogP) is 3.19. The number of nitrogens with one attached hydrogen (secondary N) is 2. The number of benzene rings is 1. The second-order valence-electron chi connectivity index (χ2n) is 4.83. The molecule has 1 aliphatic rings. The molecule has 0 saturated heterocycles. The van der Waals surface area contributed by atoms with E-state index in [-0.39, 0.29) is 0 Å². The van der Waals surface area contributed by atoms with Gasteiger partial charge in [0.2, 0.25) is 0 Å². The van der Waals surface area contributed by atoms with Crippen molar-refractivity contribution >= 4 is 17.4 Å². The molecule has 1 aromatic carbocycles. The Balaban J connectivity index is 2.00. The summed E-state index contributed by atoms with van der Waals surface area (Å²) in [5, 5.41) is 6.88. The third kappa shape index (κ3) is 3.17. The molecule has 0 aromatic heterocycles. The predicted molar refractivity (Wildman–Crippen MR) is 77.2 cm³/mol. The zero-order valence-corrected chi connectivity index (χ0v) is 11.8. The molecule has 17 heavy (non-hydrogen) atoms. The molecule has 2 nitrogen and oxygen atoms in total. The minimum atomic E-state index is 0.628. The fourth-order valence-corrected chi connectivity index (χ4v) is 3.32. The molecular formula is C14H22N2S. The summed E-state index contributed by atoms with van der Waals surface area (Å²) in [6.45, 7) is 5.49. The summed E-state index contributed by atoms with van der Waals surface area (Å²) in [6, 6.07) is 5.23. The van der Waals surface area contributed by atoms with E-state index in [9.17, 15) is 0 Å². The third-order valence-electron chi connectivity index (χ3n) is 3.37. The first-order valence-electron chi connectivity index (χ1n) is 6.36. The number of aryl methyl sites for hydroxylation is 2. The van der Waals surface area contributed by atoms with Gasteiger partial charge in [-0.2, -0.15) is 0 Å². The Bertz CT molecular complexity index is 390. The van der Waals surface area contributed by atoms with Crippen LogP contribution in [0.15, 0.2) is 17.0 Å². The van der Waals surface area contributed by atoms with E-state index in [1.54, 1.807) is 0 Å². The molecule has 0 spiro atoms. The molecule has 0 aliphatic carbocycles. The lowest BCUT2D eigenvalue weighted by molar-refractivity contribution is 0.626. The van der Waals surface area contributed by atoms with Crippen molar-refractivity contribution in [1.82, 2.24) is 5.32 Å². The van der Waals surface area contributed by atoms with Crippen LogP contribution in [-0.2, 0) is 0 Å². The molecule has 1 heterocycles. The maximum atomic E-state index is 3.68.